The van der Waals surface area contributed by atoms with E-state index >= 15 is 0 Å². The summed E-state index contributed by atoms with van der Waals surface area (Å²) in [6, 6.07) is 8.48. The third-order valence-corrected chi connectivity index (χ3v) is 4.44. The molecule has 0 spiro atoms. The number of benzene rings is 1. The van der Waals surface area contributed by atoms with Crippen molar-refractivity contribution >= 4 is 15.9 Å². The lowest BCUT2D eigenvalue weighted by Crippen LogP contribution is -2.46. The topological polar surface area (TPSA) is 32.5 Å². The van der Waals surface area contributed by atoms with Gasteiger partial charge in [-0.2, -0.15) is 0 Å². The third kappa shape index (κ3) is 4.56. The second-order valence-corrected chi connectivity index (χ2v) is 6.14. The fourth-order valence-electron chi connectivity index (χ4n) is 2.55. The van der Waals surface area contributed by atoms with Gasteiger partial charge in [-0.05, 0) is 30.7 Å². The Morgan fingerprint density at radius 2 is 1.89 bits per heavy atom. The molecule has 3 nitrogen and oxygen atoms in total. The van der Waals surface area contributed by atoms with Gasteiger partial charge in [-0.15, -0.1) is 0 Å². The van der Waals surface area contributed by atoms with Crippen molar-refractivity contribution in [1.82, 2.24) is 9.80 Å². The van der Waals surface area contributed by atoms with Gasteiger partial charge in [0.05, 0.1) is 0 Å². The van der Waals surface area contributed by atoms with Gasteiger partial charge in [-0.3, -0.25) is 0 Å². The van der Waals surface area contributed by atoms with Crippen molar-refractivity contribution in [2.45, 2.75) is 19.4 Å². The molecule has 1 aliphatic rings. The molecule has 0 bridgehead atoms. The maximum Gasteiger partial charge on any atom is 0.0307 e. The van der Waals surface area contributed by atoms with Crippen molar-refractivity contribution in [1.29, 1.82) is 0 Å². The van der Waals surface area contributed by atoms with Crippen molar-refractivity contribution in [2.24, 2.45) is 5.73 Å². The molecule has 1 unspecified atom stereocenters. The quantitative estimate of drug-likeness (QED) is 0.902. The summed E-state index contributed by atoms with van der Waals surface area (Å²) in [6.45, 7) is 9.26. The van der Waals surface area contributed by atoms with Crippen LogP contribution < -0.4 is 5.73 Å². The molecule has 106 valence electrons. The van der Waals surface area contributed by atoms with Gasteiger partial charge in [0.1, 0.15) is 0 Å². The highest BCUT2D eigenvalue weighted by Gasteiger charge is 2.16. The molecule has 1 fully saturated rings. The molecule has 1 heterocycles. The number of hydrogen-bond acceptors (Lipinski definition) is 3. The standard InChI is InChI=1S/C15H24BrN3/c1-2-18-8-10-19(11-9-18)7-6-15(17)13-4-3-5-14(16)12-13/h3-5,12,15H,2,6-11,17H2,1H3. The summed E-state index contributed by atoms with van der Waals surface area (Å²) >= 11 is 3.50. The largest absolute Gasteiger partial charge is 0.324 e. The Hall–Kier alpha value is -0.420. The number of hydrogen-bond donors (Lipinski definition) is 1. The molecule has 19 heavy (non-hydrogen) atoms. The van der Waals surface area contributed by atoms with Gasteiger partial charge < -0.3 is 15.5 Å². The third-order valence-electron chi connectivity index (χ3n) is 3.95. The maximum absolute atomic E-state index is 6.28. The molecule has 2 rings (SSSR count). The molecule has 0 aliphatic carbocycles. The van der Waals surface area contributed by atoms with Crippen LogP contribution in [0.2, 0.25) is 0 Å². The predicted molar refractivity (Wildman–Crippen MR) is 84.2 cm³/mol. The SMILES string of the molecule is CCN1CCN(CCC(N)c2cccc(Br)c2)CC1. The molecule has 0 amide bonds. The normalized spacial score (nSPS) is 19.5. The predicted octanol–water partition coefficient (Wildman–Crippen LogP) is 2.48. The van der Waals surface area contributed by atoms with Crippen LogP contribution in [0.5, 0.6) is 0 Å². The maximum atomic E-state index is 6.28. The van der Waals surface area contributed by atoms with Gasteiger partial charge in [-0.1, -0.05) is 35.0 Å². The van der Waals surface area contributed by atoms with E-state index in [0.29, 0.717) is 0 Å². The highest BCUT2D eigenvalue weighted by molar-refractivity contribution is 9.10. The minimum atomic E-state index is 0.140. The van der Waals surface area contributed by atoms with Gasteiger partial charge >= 0.3 is 0 Å². The first-order valence-electron chi connectivity index (χ1n) is 7.15. The molecule has 2 N–H and O–H groups in total. The van der Waals surface area contributed by atoms with E-state index in [0.717, 1.165) is 17.4 Å². The van der Waals surface area contributed by atoms with Crippen LogP contribution in [0.1, 0.15) is 24.9 Å². The molecule has 1 aliphatic heterocycles. The van der Waals surface area contributed by atoms with Crippen LogP contribution in [-0.4, -0.2) is 49.1 Å². The van der Waals surface area contributed by atoms with Crippen molar-refractivity contribution in [3.63, 3.8) is 0 Å². The van der Waals surface area contributed by atoms with Crippen LogP contribution in [0.25, 0.3) is 0 Å². The van der Waals surface area contributed by atoms with Gasteiger partial charge in [0.15, 0.2) is 0 Å². The van der Waals surface area contributed by atoms with E-state index in [1.54, 1.807) is 0 Å². The molecule has 1 atom stereocenters. The van der Waals surface area contributed by atoms with Crippen molar-refractivity contribution in [3.8, 4) is 0 Å². The lowest BCUT2D eigenvalue weighted by atomic mass is 10.0. The van der Waals surface area contributed by atoms with E-state index in [2.05, 4.69) is 50.9 Å². The van der Waals surface area contributed by atoms with Crippen molar-refractivity contribution < 1.29 is 0 Å². The van der Waals surface area contributed by atoms with E-state index in [4.69, 9.17) is 5.73 Å². The Morgan fingerprint density at radius 3 is 2.53 bits per heavy atom. The zero-order valence-electron chi connectivity index (χ0n) is 11.7. The average Bonchev–Trinajstić information content (AvgIpc) is 2.45. The fraction of sp³-hybridized carbons (Fsp3) is 0.600. The molecule has 1 saturated heterocycles. The van der Waals surface area contributed by atoms with Gasteiger partial charge in [0.25, 0.3) is 0 Å². The Balaban J connectivity index is 1.76. The molecule has 1 aromatic carbocycles. The minimum Gasteiger partial charge on any atom is -0.324 e. The highest BCUT2D eigenvalue weighted by Crippen LogP contribution is 2.19. The van der Waals surface area contributed by atoms with Crippen molar-refractivity contribution in [3.05, 3.63) is 34.3 Å². The molecule has 0 saturated carbocycles. The Morgan fingerprint density at radius 1 is 1.21 bits per heavy atom. The Bertz CT molecular complexity index is 389. The van der Waals surface area contributed by atoms with Crippen LogP contribution in [-0.2, 0) is 0 Å². The molecule has 0 radical (unpaired) electrons. The summed E-state index contributed by atoms with van der Waals surface area (Å²) in [6.07, 6.45) is 1.03. The molecule has 1 aromatic rings. The van der Waals surface area contributed by atoms with E-state index in [1.165, 1.54) is 38.3 Å². The second-order valence-electron chi connectivity index (χ2n) is 5.23. The number of rotatable bonds is 5. The first-order valence-corrected chi connectivity index (χ1v) is 7.94. The highest BCUT2D eigenvalue weighted by atomic mass is 79.9. The van der Waals surface area contributed by atoms with Crippen LogP contribution in [0.3, 0.4) is 0 Å². The molecular weight excluding hydrogens is 302 g/mol. The Kier molecular flexibility index (Phi) is 5.82. The Labute approximate surface area is 124 Å². The van der Waals surface area contributed by atoms with Crippen LogP contribution in [0.15, 0.2) is 28.7 Å². The number of piperazine rings is 1. The summed E-state index contributed by atoms with van der Waals surface area (Å²) < 4.78 is 1.11. The minimum absolute atomic E-state index is 0.140. The van der Waals surface area contributed by atoms with Crippen LogP contribution in [0, 0.1) is 0 Å². The molecule has 0 aromatic heterocycles. The summed E-state index contributed by atoms with van der Waals surface area (Å²) in [5, 5.41) is 0. The van der Waals surface area contributed by atoms with E-state index in [-0.39, 0.29) is 6.04 Å². The first-order chi connectivity index (χ1) is 9.19. The zero-order chi connectivity index (χ0) is 13.7. The van der Waals surface area contributed by atoms with Gasteiger partial charge in [-0.25, -0.2) is 0 Å². The van der Waals surface area contributed by atoms with E-state index in [1.807, 2.05) is 6.07 Å². The number of halogens is 1. The summed E-state index contributed by atoms with van der Waals surface area (Å²) in [5.41, 5.74) is 7.50. The van der Waals surface area contributed by atoms with Crippen molar-refractivity contribution in [2.75, 3.05) is 39.3 Å². The van der Waals surface area contributed by atoms with Gasteiger partial charge in [0.2, 0.25) is 0 Å². The summed E-state index contributed by atoms with van der Waals surface area (Å²) in [5.74, 6) is 0. The van der Waals surface area contributed by atoms with E-state index in [9.17, 15) is 0 Å². The molecule has 4 heteroatoms. The van der Waals surface area contributed by atoms with Gasteiger partial charge in [0, 0.05) is 43.2 Å². The van der Waals surface area contributed by atoms with Crippen LogP contribution >= 0.6 is 15.9 Å². The van der Waals surface area contributed by atoms with E-state index < -0.39 is 0 Å². The second kappa shape index (κ2) is 7.39. The fourth-order valence-corrected chi connectivity index (χ4v) is 2.97. The monoisotopic (exact) mass is 325 g/mol. The lowest BCUT2D eigenvalue weighted by molar-refractivity contribution is 0.134. The number of likely N-dealkylation sites (N-methyl/N-ethyl adjacent to an activating group) is 1. The van der Waals surface area contributed by atoms with Crippen LogP contribution in [0.4, 0.5) is 0 Å². The smallest absolute Gasteiger partial charge is 0.0307 e. The molecular formula is C15H24BrN3. The zero-order valence-corrected chi connectivity index (χ0v) is 13.3. The summed E-state index contributed by atoms with van der Waals surface area (Å²) in [4.78, 5) is 5.04. The number of nitrogens with zero attached hydrogens (tertiary/aromatic N) is 2. The summed E-state index contributed by atoms with van der Waals surface area (Å²) in [7, 11) is 0. The lowest BCUT2D eigenvalue weighted by Gasteiger charge is -2.34. The first kappa shape index (κ1) is 15.0. The average molecular weight is 326 g/mol. The number of nitrogens with two attached hydrogens (primary N) is 1.